The fourth-order valence-electron chi connectivity index (χ4n) is 4.13. The van der Waals surface area contributed by atoms with Gasteiger partial charge in [-0.2, -0.15) is 13.2 Å². The molecule has 0 radical (unpaired) electrons. The van der Waals surface area contributed by atoms with Gasteiger partial charge in [0.25, 0.3) is 0 Å². The van der Waals surface area contributed by atoms with Gasteiger partial charge in [0, 0.05) is 30.0 Å². The molecule has 0 spiro atoms. The van der Waals surface area contributed by atoms with Crippen molar-refractivity contribution < 1.29 is 31.9 Å². The Morgan fingerprint density at radius 2 is 1.62 bits per heavy atom. The largest absolute Gasteiger partial charge is 0.417 e. The van der Waals surface area contributed by atoms with Gasteiger partial charge >= 0.3 is 12.2 Å². The van der Waals surface area contributed by atoms with Crippen LogP contribution >= 0.6 is 11.6 Å². The molecule has 5 rings (SSSR count). The third-order valence-electron chi connectivity index (χ3n) is 6.13. The Balaban J connectivity index is 1.34. The number of urea groups is 1. The fourth-order valence-corrected chi connectivity index (χ4v) is 4.36. The van der Waals surface area contributed by atoms with E-state index in [4.69, 9.17) is 16.3 Å². The van der Waals surface area contributed by atoms with E-state index in [1.807, 2.05) is 4.90 Å². The number of ketones is 1. The summed E-state index contributed by atoms with van der Waals surface area (Å²) in [5.41, 5.74) is -0.396. The number of fused-ring (bicyclic) bond motifs is 1. The first kappa shape index (κ1) is 27.3. The van der Waals surface area contributed by atoms with Crippen LogP contribution in [0.25, 0.3) is 11.0 Å². The molecule has 2 N–H and O–H groups in total. The Bertz CT molecular complexity index is 1610. The molecule has 13 heteroatoms. The van der Waals surface area contributed by atoms with Crippen LogP contribution in [-0.4, -0.2) is 48.1 Å². The Morgan fingerprint density at radius 3 is 2.35 bits per heavy atom. The highest BCUT2D eigenvalue weighted by molar-refractivity contribution is 6.31. The fraction of sp³-hybridized carbons (Fsp3) is 0.185. The standard InChI is InChI=1S/C27H20ClF4N5O3/c28-20-4-2-17(13-19(20)27(30,31)32)35-26(39)34-16-3-5-21(29)18(12-16)25(38)15-1-6-22-23(11-15)36-24(14-33-22)37-7-9-40-10-8-37/h1-6,11-14H,7-10H2,(H2,34,35,39). The lowest BCUT2D eigenvalue weighted by Crippen LogP contribution is -2.36. The molecule has 4 aromatic rings. The zero-order chi connectivity index (χ0) is 28.4. The molecule has 1 aliphatic heterocycles. The molecule has 0 atom stereocenters. The first-order valence-electron chi connectivity index (χ1n) is 12.0. The molecule has 0 aliphatic carbocycles. The molecular formula is C27H20ClF4N5O3. The van der Waals surface area contributed by atoms with Gasteiger partial charge in [0.05, 0.1) is 46.6 Å². The van der Waals surface area contributed by atoms with E-state index in [0.717, 1.165) is 18.2 Å². The molecule has 1 saturated heterocycles. The number of alkyl halides is 3. The zero-order valence-electron chi connectivity index (χ0n) is 20.6. The molecule has 0 unspecified atom stereocenters. The summed E-state index contributed by atoms with van der Waals surface area (Å²) in [5.74, 6) is -0.849. The summed E-state index contributed by atoms with van der Waals surface area (Å²) >= 11 is 5.61. The van der Waals surface area contributed by atoms with E-state index in [1.54, 1.807) is 12.3 Å². The molecule has 2 heterocycles. The van der Waals surface area contributed by atoms with E-state index >= 15 is 0 Å². The number of nitrogens with zero attached hydrogens (tertiary/aromatic N) is 3. The van der Waals surface area contributed by atoms with Gasteiger partial charge in [-0.15, -0.1) is 0 Å². The smallest absolute Gasteiger partial charge is 0.378 e. The van der Waals surface area contributed by atoms with Crippen molar-refractivity contribution in [3.63, 3.8) is 0 Å². The van der Waals surface area contributed by atoms with Crippen LogP contribution in [0.4, 0.5) is 39.5 Å². The second-order valence-corrected chi connectivity index (χ2v) is 9.23. The quantitative estimate of drug-likeness (QED) is 0.219. The van der Waals surface area contributed by atoms with Crippen molar-refractivity contribution in [1.82, 2.24) is 9.97 Å². The maximum Gasteiger partial charge on any atom is 0.417 e. The lowest BCUT2D eigenvalue weighted by molar-refractivity contribution is -0.137. The van der Waals surface area contributed by atoms with E-state index < -0.39 is 34.4 Å². The normalized spacial score (nSPS) is 13.8. The highest BCUT2D eigenvalue weighted by Crippen LogP contribution is 2.36. The third-order valence-corrected chi connectivity index (χ3v) is 6.45. The van der Waals surface area contributed by atoms with E-state index in [-0.39, 0.29) is 22.5 Å². The van der Waals surface area contributed by atoms with Gasteiger partial charge in [-0.05, 0) is 54.6 Å². The van der Waals surface area contributed by atoms with Crippen molar-refractivity contribution in [2.75, 3.05) is 41.8 Å². The van der Waals surface area contributed by atoms with E-state index in [2.05, 4.69) is 20.6 Å². The van der Waals surface area contributed by atoms with Crippen molar-refractivity contribution >= 4 is 51.6 Å². The summed E-state index contributed by atoms with van der Waals surface area (Å²) in [6, 6.07) is 9.97. The van der Waals surface area contributed by atoms with Crippen LogP contribution in [-0.2, 0) is 10.9 Å². The summed E-state index contributed by atoms with van der Waals surface area (Å²) in [6.45, 7) is 2.43. The molecule has 0 saturated carbocycles. The van der Waals surface area contributed by atoms with Crippen LogP contribution in [0.15, 0.2) is 60.8 Å². The van der Waals surface area contributed by atoms with Crippen LogP contribution < -0.4 is 15.5 Å². The molecular weight excluding hydrogens is 554 g/mol. The first-order valence-corrected chi connectivity index (χ1v) is 12.3. The van der Waals surface area contributed by atoms with E-state index in [1.165, 1.54) is 24.3 Å². The van der Waals surface area contributed by atoms with Crippen molar-refractivity contribution in [1.29, 1.82) is 0 Å². The number of anilines is 3. The summed E-state index contributed by atoms with van der Waals surface area (Å²) in [5, 5.41) is 4.14. The number of benzene rings is 3. The number of ether oxygens (including phenoxy) is 1. The van der Waals surface area contributed by atoms with Crippen LogP contribution in [0.3, 0.4) is 0 Å². The molecule has 1 aromatic heterocycles. The number of rotatable bonds is 5. The first-order chi connectivity index (χ1) is 19.1. The summed E-state index contributed by atoms with van der Waals surface area (Å²) < 4.78 is 59.4. The number of nitrogens with one attached hydrogen (secondary N) is 2. The maximum atomic E-state index is 14.7. The van der Waals surface area contributed by atoms with Gasteiger partial charge < -0.3 is 20.3 Å². The predicted molar refractivity (Wildman–Crippen MR) is 141 cm³/mol. The second-order valence-electron chi connectivity index (χ2n) is 8.83. The Kier molecular flexibility index (Phi) is 7.55. The van der Waals surface area contributed by atoms with Gasteiger partial charge in [-0.25, -0.2) is 14.2 Å². The minimum atomic E-state index is -4.71. The number of halogens is 5. The third kappa shape index (κ3) is 5.97. The highest BCUT2D eigenvalue weighted by Gasteiger charge is 2.33. The van der Waals surface area contributed by atoms with E-state index in [9.17, 15) is 27.2 Å². The SMILES string of the molecule is O=C(Nc1ccc(F)c(C(=O)c2ccc3ncc(N4CCOCC4)nc3c2)c1)Nc1ccc(Cl)c(C(F)(F)F)c1. The molecule has 1 aliphatic rings. The maximum absolute atomic E-state index is 14.7. The lowest BCUT2D eigenvalue weighted by atomic mass is 10.0. The second kappa shape index (κ2) is 11.1. The number of hydrogen-bond acceptors (Lipinski definition) is 6. The van der Waals surface area contributed by atoms with Crippen LogP contribution in [0.1, 0.15) is 21.5 Å². The lowest BCUT2D eigenvalue weighted by Gasteiger charge is -2.27. The van der Waals surface area contributed by atoms with E-state index in [0.29, 0.717) is 49.2 Å². The average Bonchev–Trinajstić information content (AvgIpc) is 2.94. The number of aromatic nitrogens is 2. The molecule has 1 fully saturated rings. The number of carbonyl (C=O) groups is 2. The number of carbonyl (C=O) groups excluding carboxylic acids is 2. The van der Waals surface area contributed by atoms with Gasteiger partial charge in [0.1, 0.15) is 11.6 Å². The molecule has 3 aromatic carbocycles. The topological polar surface area (TPSA) is 96.5 Å². The Morgan fingerprint density at radius 1 is 0.925 bits per heavy atom. The minimum absolute atomic E-state index is 0.0439. The van der Waals surface area contributed by atoms with Crippen LogP contribution in [0.2, 0.25) is 5.02 Å². The van der Waals surface area contributed by atoms with Gasteiger partial charge in [-0.3, -0.25) is 9.78 Å². The van der Waals surface area contributed by atoms with Crippen LogP contribution in [0.5, 0.6) is 0 Å². The summed E-state index contributed by atoms with van der Waals surface area (Å²) in [4.78, 5) is 36.7. The number of amides is 2. The average molecular weight is 574 g/mol. The summed E-state index contributed by atoms with van der Waals surface area (Å²) in [7, 11) is 0. The predicted octanol–water partition coefficient (Wildman–Crippen LogP) is 6.15. The molecule has 2 amide bonds. The van der Waals surface area contributed by atoms with Crippen molar-refractivity contribution in [3.05, 3.63) is 88.3 Å². The molecule has 0 bridgehead atoms. The van der Waals surface area contributed by atoms with Gasteiger partial charge in [0.2, 0.25) is 0 Å². The minimum Gasteiger partial charge on any atom is -0.378 e. The van der Waals surface area contributed by atoms with Crippen molar-refractivity contribution in [2.45, 2.75) is 6.18 Å². The van der Waals surface area contributed by atoms with Gasteiger partial charge in [-0.1, -0.05) is 11.6 Å². The number of morpholine rings is 1. The Hall–Kier alpha value is -4.29. The van der Waals surface area contributed by atoms with Crippen LogP contribution in [0, 0.1) is 5.82 Å². The summed E-state index contributed by atoms with van der Waals surface area (Å²) in [6.07, 6.45) is -3.07. The monoisotopic (exact) mass is 573 g/mol. The van der Waals surface area contributed by atoms with Crippen molar-refractivity contribution in [3.8, 4) is 0 Å². The molecule has 40 heavy (non-hydrogen) atoms. The molecule has 8 nitrogen and oxygen atoms in total. The Labute approximate surface area is 229 Å². The molecule has 206 valence electrons. The highest BCUT2D eigenvalue weighted by atomic mass is 35.5. The number of hydrogen-bond donors (Lipinski definition) is 2. The van der Waals surface area contributed by atoms with Gasteiger partial charge in [0.15, 0.2) is 5.78 Å². The van der Waals surface area contributed by atoms with Crippen molar-refractivity contribution in [2.24, 2.45) is 0 Å². The zero-order valence-corrected chi connectivity index (χ0v) is 21.3.